The van der Waals surface area contributed by atoms with Gasteiger partial charge in [-0.3, -0.25) is 0 Å². The highest BCUT2D eigenvalue weighted by atomic mass is 127. The summed E-state index contributed by atoms with van der Waals surface area (Å²) in [6, 6.07) is 11.2. The van der Waals surface area contributed by atoms with Crippen LogP contribution >= 0.6 is 22.6 Å². The molecule has 0 heterocycles. The van der Waals surface area contributed by atoms with Crippen molar-refractivity contribution in [1.29, 1.82) is 0 Å². The molecular weight excluding hydrogens is 439 g/mol. The minimum Gasteiger partial charge on any atom is -0.496 e. The Bertz CT molecular complexity index is 759. The molecule has 0 aliphatic heterocycles. The number of ether oxygens (including phenoxy) is 4. The quantitative estimate of drug-likeness (QED) is 0.276. The van der Waals surface area contributed by atoms with Gasteiger partial charge in [-0.05, 0) is 59.0 Å². The minimum atomic E-state index is -0.523. The first-order valence-electron chi connectivity index (χ1n) is 7.37. The number of esters is 2. The zero-order chi connectivity index (χ0) is 18.2. The fourth-order valence-corrected chi connectivity index (χ4v) is 2.68. The van der Waals surface area contributed by atoms with Crippen molar-refractivity contribution in [3.63, 3.8) is 0 Å². The summed E-state index contributed by atoms with van der Waals surface area (Å²) in [4.78, 5) is 24.2. The Morgan fingerprint density at radius 1 is 0.960 bits per heavy atom. The van der Waals surface area contributed by atoms with Gasteiger partial charge in [0.15, 0.2) is 0 Å². The summed E-state index contributed by atoms with van der Waals surface area (Å²) in [6.45, 7) is 0.472. The topological polar surface area (TPSA) is 71.1 Å². The summed E-state index contributed by atoms with van der Waals surface area (Å²) in [5.74, 6) is -0.0885. The molecule has 2 aromatic carbocycles. The zero-order valence-corrected chi connectivity index (χ0v) is 15.9. The van der Waals surface area contributed by atoms with Crippen molar-refractivity contribution in [1.82, 2.24) is 0 Å². The molecule has 6 nitrogen and oxygen atoms in total. The average molecular weight is 456 g/mol. The summed E-state index contributed by atoms with van der Waals surface area (Å²) in [5, 5.41) is 0. The van der Waals surface area contributed by atoms with Crippen molar-refractivity contribution in [2.75, 3.05) is 27.4 Å². The second-order valence-corrected chi connectivity index (χ2v) is 6.06. The maximum Gasteiger partial charge on any atom is 0.343 e. The number of methoxy groups -OCH3 is 2. The second-order valence-electron chi connectivity index (χ2n) is 4.90. The molecule has 0 bridgehead atoms. The van der Waals surface area contributed by atoms with E-state index in [4.69, 9.17) is 18.9 Å². The van der Waals surface area contributed by atoms with Crippen LogP contribution in [0.25, 0.3) is 0 Å². The normalized spacial score (nSPS) is 10.2. The van der Waals surface area contributed by atoms with Gasteiger partial charge in [0.25, 0.3) is 0 Å². The molecule has 0 amide bonds. The first-order valence-corrected chi connectivity index (χ1v) is 8.45. The molecule has 2 aromatic rings. The van der Waals surface area contributed by atoms with Gasteiger partial charge >= 0.3 is 11.9 Å². The fourth-order valence-electron chi connectivity index (χ4n) is 1.95. The van der Waals surface area contributed by atoms with Gasteiger partial charge in [0.1, 0.15) is 18.1 Å². The van der Waals surface area contributed by atoms with E-state index in [-0.39, 0.29) is 12.4 Å². The van der Waals surface area contributed by atoms with E-state index in [1.807, 2.05) is 0 Å². The fraction of sp³-hybridized carbons (Fsp3) is 0.222. The SMILES string of the molecule is COCCOC(=O)c1cccc(OC(=O)c2ccc(OC)c(I)c2)c1. The highest BCUT2D eigenvalue weighted by Gasteiger charge is 2.13. The van der Waals surface area contributed by atoms with Crippen LogP contribution in [0, 0.1) is 3.57 Å². The van der Waals surface area contributed by atoms with Crippen LogP contribution in [0.1, 0.15) is 20.7 Å². The first kappa shape index (κ1) is 19.2. The molecule has 0 N–H and O–H groups in total. The molecule has 0 atom stereocenters. The smallest absolute Gasteiger partial charge is 0.343 e. The van der Waals surface area contributed by atoms with Crippen LogP contribution in [0.4, 0.5) is 0 Å². The summed E-state index contributed by atoms with van der Waals surface area (Å²) >= 11 is 2.08. The zero-order valence-electron chi connectivity index (χ0n) is 13.8. The molecule has 132 valence electrons. The number of hydrogen-bond acceptors (Lipinski definition) is 6. The van der Waals surface area contributed by atoms with Crippen LogP contribution in [0.2, 0.25) is 0 Å². The average Bonchev–Trinajstić information content (AvgIpc) is 2.62. The Balaban J connectivity index is 2.07. The third-order valence-electron chi connectivity index (χ3n) is 3.19. The van der Waals surface area contributed by atoms with Crippen molar-refractivity contribution >= 4 is 34.5 Å². The Morgan fingerprint density at radius 3 is 2.40 bits per heavy atom. The predicted octanol–water partition coefficient (Wildman–Crippen LogP) is 3.32. The molecule has 0 aromatic heterocycles. The lowest BCUT2D eigenvalue weighted by Crippen LogP contribution is -2.11. The largest absolute Gasteiger partial charge is 0.496 e. The van der Waals surface area contributed by atoms with Crippen LogP contribution in [0.5, 0.6) is 11.5 Å². The van der Waals surface area contributed by atoms with Crippen molar-refractivity contribution in [3.05, 3.63) is 57.2 Å². The van der Waals surface area contributed by atoms with E-state index in [1.54, 1.807) is 43.5 Å². The highest BCUT2D eigenvalue weighted by Crippen LogP contribution is 2.23. The van der Waals surface area contributed by atoms with Gasteiger partial charge in [-0.15, -0.1) is 0 Å². The number of halogens is 1. The molecular formula is C18H17IO6. The third kappa shape index (κ3) is 5.43. The Kier molecular flexibility index (Phi) is 7.20. The van der Waals surface area contributed by atoms with E-state index >= 15 is 0 Å². The molecule has 25 heavy (non-hydrogen) atoms. The number of benzene rings is 2. The van der Waals surface area contributed by atoms with Crippen LogP contribution in [-0.4, -0.2) is 39.4 Å². The van der Waals surface area contributed by atoms with Crippen molar-refractivity contribution in [2.24, 2.45) is 0 Å². The van der Waals surface area contributed by atoms with Crippen molar-refractivity contribution in [2.45, 2.75) is 0 Å². The lowest BCUT2D eigenvalue weighted by Gasteiger charge is -2.08. The summed E-state index contributed by atoms with van der Waals surface area (Å²) in [5.41, 5.74) is 0.684. The monoisotopic (exact) mass is 456 g/mol. The van der Waals surface area contributed by atoms with Gasteiger partial charge in [0.05, 0.1) is 28.4 Å². The van der Waals surface area contributed by atoms with E-state index in [9.17, 15) is 9.59 Å². The molecule has 7 heteroatoms. The lowest BCUT2D eigenvalue weighted by atomic mass is 10.2. The van der Waals surface area contributed by atoms with E-state index in [0.717, 1.165) is 3.57 Å². The molecule has 0 radical (unpaired) electrons. The number of hydrogen-bond donors (Lipinski definition) is 0. The second kappa shape index (κ2) is 9.38. The molecule has 0 aliphatic carbocycles. The maximum absolute atomic E-state index is 12.3. The number of rotatable bonds is 7. The standard InChI is InChI=1S/C18H17IO6/c1-22-8-9-24-17(20)12-4-3-5-14(10-12)25-18(21)13-6-7-16(23-2)15(19)11-13/h3-7,10-11H,8-9H2,1-2H3. The molecule has 0 aliphatic rings. The molecule has 2 rings (SSSR count). The molecule has 0 unspecified atom stereocenters. The Hall–Kier alpha value is -2.13. The predicted molar refractivity (Wildman–Crippen MR) is 99.3 cm³/mol. The summed E-state index contributed by atoms with van der Waals surface area (Å²) in [6.07, 6.45) is 0. The Morgan fingerprint density at radius 2 is 1.72 bits per heavy atom. The van der Waals surface area contributed by atoms with Crippen molar-refractivity contribution < 1.29 is 28.5 Å². The number of carbonyl (C=O) groups is 2. The van der Waals surface area contributed by atoms with Crippen LogP contribution in [0.15, 0.2) is 42.5 Å². The van der Waals surface area contributed by atoms with Gasteiger partial charge in [-0.25, -0.2) is 9.59 Å². The van der Waals surface area contributed by atoms with Crippen LogP contribution < -0.4 is 9.47 Å². The minimum absolute atomic E-state index is 0.156. The van der Waals surface area contributed by atoms with E-state index in [0.29, 0.717) is 23.5 Å². The highest BCUT2D eigenvalue weighted by molar-refractivity contribution is 14.1. The molecule has 0 saturated heterocycles. The van der Waals surface area contributed by atoms with Gasteiger partial charge in [-0.2, -0.15) is 0 Å². The van der Waals surface area contributed by atoms with Gasteiger partial charge in [-0.1, -0.05) is 6.07 Å². The first-order chi connectivity index (χ1) is 12.0. The van der Waals surface area contributed by atoms with Crippen LogP contribution in [-0.2, 0) is 9.47 Å². The summed E-state index contributed by atoms with van der Waals surface area (Å²) in [7, 11) is 3.08. The molecule has 0 saturated carbocycles. The molecule has 0 fully saturated rings. The van der Waals surface area contributed by atoms with Crippen molar-refractivity contribution in [3.8, 4) is 11.5 Å². The third-order valence-corrected chi connectivity index (χ3v) is 4.03. The van der Waals surface area contributed by atoms with E-state index < -0.39 is 11.9 Å². The van der Waals surface area contributed by atoms with Gasteiger partial charge in [0, 0.05) is 7.11 Å². The summed E-state index contributed by atoms with van der Waals surface area (Å²) < 4.78 is 21.1. The van der Waals surface area contributed by atoms with E-state index in [1.165, 1.54) is 13.2 Å². The van der Waals surface area contributed by atoms with Gasteiger partial charge in [0.2, 0.25) is 0 Å². The molecule has 0 spiro atoms. The van der Waals surface area contributed by atoms with Gasteiger partial charge < -0.3 is 18.9 Å². The maximum atomic E-state index is 12.3. The lowest BCUT2D eigenvalue weighted by molar-refractivity contribution is 0.0387. The Labute approximate surface area is 159 Å². The van der Waals surface area contributed by atoms with Crippen LogP contribution in [0.3, 0.4) is 0 Å². The number of carbonyl (C=O) groups excluding carboxylic acids is 2. The van der Waals surface area contributed by atoms with E-state index in [2.05, 4.69) is 22.6 Å².